The third-order valence-electron chi connectivity index (χ3n) is 3.03. The lowest BCUT2D eigenvalue weighted by molar-refractivity contribution is -0.384. The van der Waals surface area contributed by atoms with Crippen LogP contribution < -0.4 is 15.4 Å². The molecular weight excluding hydrogens is 360 g/mol. The summed E-state index contributed by atoms with van der Waals surface area (Å²) >= 11 is 5.68. The van der Waals surface area contributed by atoms with E-state index in [0.29, 0.717) is 5.56 Å². The first-order chi connectivity index (χ1) is 11.9. The van der Waals surface area contributed by atoms with Crippen LogP contribution in [-0.2, 0) is 6.54 Å². The summed E-state index contributed by atoms with van der Waals surface area (Å²) < 4.78 is 29.0. The number of hydrogen-bond donors (Lipinski definition) is 2. The first kappa shape index (κ1) is 18.4. The fraction of sp³-hybridized carbons (Fsp3) is 0.133. The summed E-state index contributed by atoms with van der Waals surface area (Å²) in [5.74, 6) is -0.0556. The Morgan fingerprint density at radius 3 is 2.68 bits per heavy atom. The number of alkyl halides is 2. The average molecular weight is 372 g/mol. The quantitative estimate of drug-likeness (QED) is 0.588. The van der Waals surface area contributed by atoms with Crippen molar-refractivity contribution in [3.63, 3.8) is 0 Å². The molecule has 7 nitrogen and oxygen atoms in total. The molecule has 2 rings (SSSR count). The van der Waals surface area contributed by atoms with Gasteiger partial charge in [0.15, 0.2) is 0 Å². The number of hydrogen-bond acceptors (Lipinski definition) is 4. The minimum absolute atomic E-state index is 0.0556. The molecule has 0 radical (unpaired) electrons. The van der Waals surface area contributed by atoms with Gasteiger partial charge < -0.3 is 15.4 Å². The van der Waals surface area contributed by atoms with Gasteiger partial charge in [-0.3, -0.25) is 10.1 Å². The van der Waals surface area contributed by atoms with Gasteiger partial charge in [-0.05, 0) is 18.2 Å². The number of nitrogens with one attached hydrogen (secondary N) is 2. The molecule has 2 amide bonds. The molecule has 0 aromatic heterocycles. The molecule has 132 valence electrons. The number of nitro benzene ring substituents is 1. The number of halogens is 3. The minimum atomic E-state index is -2.98. The van der Waals surface area contributed by atoms with Gasteiger partial charge in [0.05, 0.1) is 4.92 Å². The number of urea groups is 1. The highest BCUT2D eigenvalue weighted by atomic mass is 35.5. The van der Waals surface area contributed by atoms with Crippen LogP contribution in [0, 0.1) is 10.1 Å². The van der Waals surface area contributed by atoms with Crippen LogP contribution >= 0.6 is 11.6 Å². The average Bonchev–Trinajstić information content (AvgIpc) is 2.55. The lowest BCUT2D eigenvalue weighted by atomic mass is 10.2. The number of anilines is 1. The van der Waals surface area contributed by atoms with Crippen molar-refractivity contribution >= 4 is 29.0 Å². The molecule has 0 saturated carbocycles. The van der Waals surface area contributed by atoms with Crippen LogP contribution in [0.5, 0.6) is 5.75 Å². The van der Waals surface area contributed by atoms with Crippen molar-refractivity contribution in [2.45, 2.75) is 13.2 Å². The Morgan fingerprint density at radius 1 is 1.28 bits per heavy atom. The van der Waals surface area contributed by atoms with Crippen LogP contribution in [0.1, 0.15) is 5.56 Å². The van der Waals surface area contributed by atoms with Crippen LogP contribution in [0.3, 0.4) is 0 Å². The van der Waals surface area contributed by atoms with Crippen molar-refractivity contribution in [2.75, 3.05) is 5.32 Å². The van der Waals surface area contributed by atoms with Gasteiger partial charge in [-0.1, -0.05) is 29.8 Å². The Balaban J connectivity index is 2.00. The van der Waals surface area contributed by atoms with E-state index in [4.69, 9.17) is 11.6 Å². The van der Waals surface area contributed by atoms with E-state index in [0.717, 1.165) is 6.07 Å². The zero-order chi connectivity index (χ0) is 18.4. The van der Waals surface area contributed by atoms with Crippen LogP contribution in [0.2, 0.25) is 5.02 Å². The lowest BCUT2D eigenvalue weighted by Gasteiger charge is -2.12. The molecule has 10 heteroatoms. The minimum Gasteiger partial charge on any atom is -0.434 e. The normalized spacial score (nSPS) is 10.4. The summed E-state index contributed by atoms with van der Waals surface area (Å²) in [6.45, 7) is -3.06. The van der Waals surface area contributed by atoms with E-state index in [1.807, 2.05) is 0 Å². The molecule has 2 N–H and O–H groups in total. The Hall–Kier alpha value is -2.94. The highest BCUT2D eigenvalue weighted by Crippen LogP contribution is 2.27. The molecule has 2 aromatic carbocycles. The number of para-hydroxylation sites is 1. The van der Waals surface area contributed by atoms with Gasteiger partial charge in [-0.25, -0.2) is 4.79 Å². The number of carbonyl (C=O) groups is 1. The number of nitro groups is 1. The number of carbonyl (C=O) groups excluding carboxylic acids is 1. The van der Waals surface area contributed by atoms with Gasteiger partial charge in [-0.15, -0.1) is 0 Å². The van der Waals surface area contributed by atoms with Crippen LogP contribution in [0.4, 0.5) is 25.0 Å². The second-order valence-electron chi connectivity index (χ2n) is 4.72. The molecule has 0 aliphatic heterocycles. The van der Waals surface area contributed by atoms with Gasteiger partial charge in [0.25, 0.3) is 5.69 Å². The highest BCUT2D eigenvalue weighted by Gasteiger charge is 2.14. The number of nitrogens with zero attached hydrogens (tertiary/aromatic N) is 1. The Morgan fingerprint density at radius 2 is 2.00 bits per heavy atom. The van der Waals surface area contributed by atoms with Crippen molar-refractivity contribution < 1.29 is 23.2 Å². The Kier molecular flexibility index (Phi) is 6.07. The van der Waals surface area contributed by atoms with Crippen LogP contribution in [-0.4, -0.2) is 17.6 Å². The van der Waals surface area contributed by atoms with Crippen LogP contribution in [0.15, 0.2) is 42.5 Å². The molecule has 0 bridgehead atoms. The first-order valence-electron chi connectivity index (χ1n) is 6.88. The molecule has 2 aromatic rings. The predicted molar refractivity (Wildman–Crippen MR) is 87.0 cm³/mol. The highest BCUT2D eigenvalue weighted by molar-refractivity contribution is 6.32. The van der Waals surface area contributed by atoms with Crippen LogP contribution in [0.25, 0.3) is 0 Å². The fourth-order valence-electron chi connectivity index (χ4n) is 1.94. The van der Waals surface area contributed by atoms with Gasteiger partial charge in [0.2, 0.25) is 0 Å². The van der Waals surface area contributed by atoms with Crippen molar-refractivity contribution in [3.05, 3.63) is 63.2 Å². The van der Waals surface area contributed by atoms with Crippen molar-refractivity contribution in [1.29, 1.82) is 0 Å². The topological polar surface area (TPSA) is 93.5 Å². The number of rotatable bonds is 6. The molecule has 0 unspecified atom stereocenters. The van der Waals surface area contributed by atoms with E-state index >= 15 is 0 Å². The maximum absolute atomic E-state index is 12.3. The molecular formula is C15H12ClF2N3O4. The zero-order valence-electron chi connectivity index (χ0n) is 12.5. The summed E-state index contributed by atoms with van der Waals surface area (Å²) in [4.78, 5) is 22.0. The molecule has 25 heavy (non-hydrogen) atoms. The zero-order valence-corrected chi connectivity index (χ0v) is 13.3. The van der Waals surface area contributed by atoms with E-state index in [-0.39, 0.29) is 28.7 Å². The van der Waals surface area contributed by atoms with E-state index < -0.39 is 17.6 Å². The smallest absolute Gasteiger partial charge is 0.387 e. The van der Waals surface area contributed by atoms with Crippen molar-refractivity contribution in [1.82, 2.24) is 5.32 Å². The fourth-order valence-corrected chi connectivity index (χ4v) is 2.13. The van der Waals surface area contributed by atoms with Crippen molar-refractivity contribution in [2.24, 2.45) is 0 Å². The Labute approximate surface area is 145 Å². The summed E-state index contributed by atoms with van der Waals surface area (Å²) in [6, 6.07) is 9.10. The summed E-state index contributed by atoms with van der Waals surface area (Å²) in [5.41, 5.74) is 0.154. The van der Waals surface area contributed by atoms with E-state index in [9.17, 15) is 23.7 Å². The summed E-state index contributed by atoms with van der Waals surface area (Å²) in [7, 11) is 0. The van der Waals surface area contributed by atoms with Gasteiger partial charge >= 0.3 is 12.6 Å². The van der Waals surface area contributed by atoms with E-state index in [2.05, 4.69) is 15.4 Å². The molecule has 0 fully saturated rings. The maximum atomic E-state index is 12.3. The first-order valence-corrected chi connectivity index (χ1v) is 7.26. The number of benzene rings is 2. The molecule has 0 atom stereocenters. The molecule has 0 saturated heterocycles. The van der Waals surface area contributed by atoms with Crippen molar-refractivity contribution in [3.8, 4) is 5.75 Å². The van der Waals surface area contributed by atoms with Gasteiger partial charge in [0.1, 0.15) is 10.8 Å². The molecule has 0 aliphatic rings. The van der Waals surface area contributed by atoms with Gasteiger partial charge in [-0.2, -0.15) is 8.78 Å². The molecule has 0 spiro atoms. The number of amides is 2. The standard InChI is InChI=1S/C15H12ClF2N3O4/c16-11-6-5-10(7-12(11)21(23)24)20-15(22)19-8-9-3-1-2-4-13(9)25-14(17)18/h1-7,14H,8H2,(H2,19,20,22). The second-order valence-corrected chi connectivity index (χ2v) is 5.12. The monoisotopic (exact) mass is 371 g/mol. The predicted octanol–water partition coefficient (Wildman–Crippen LogP) is 4.17. The summed E-state index contributed by atoms with van der Waals surface area (Å²) in [5, 5.41) is 15.6. The van der Waals surface area contributed by atoms with E-state index in [1.54, 1.807) is 6.07 Å². The lowest BCUT2D eigenvalue weighted by Crippen LogP contribution is -2.28. The SMILES string of the molecule is O=C(NCc1ccccc1OC(F)F)Nc1ccc(Cl)c([N+](=O)[O-])c1. The largest absolute Gasteiger partial charge is 0.434 e. The number of ether oxygens (including phenoxy) is 1. The molecule has 0 aliphatic carbocycles. The third kappa shape index (κ3) is 5.28. The second kappa shape index (κ2) is 8.25. The summed E-state index contributed by atoms with van der Waals surface area (Å²) in [6.07, 6.45) is 0. The molecule has 0 heterocycles. The van der Waals surface area contributed by atoms with Gasteiger partial charge in [0, 0.05) is 23.9 Å². The third-order valence-corrected chi connectivity index (χ3v) is 3.35. The maximum Gasteiger partial charge on any atom is 0.387 e. The Bertz CT molecular complexity index is 789. The van der Waals surface area contributed by atoms with E-state index in [1.165, 1.54) is 30.3 Å².